The number of nitrogens with zero attached hydrogens (tertiary/aromatic N) is 1. The quantitative estimate of drug-likeness (QED) is 0.854. The molecule has 1 aromatic rings. The third kappa shape index (κ3) is 2.80. The molecule has 2 rings (SSSR count). The number of aryl methyl sites for hydroxylation is 2. The first kappa shape index (κ1) is 16.0. The van der Waals surface area contributed by atoms with Gasteiger partial charge in [-0.3, -0.25) is 0 Å². The van der Waals surface area contributed by atoms with Crippen molar-refractivity contribution < 1.29 is 0 Å². The van der Waals surface area contributed by atoms with E-state index >= 15 is 0 Å². The Morgan fingerprint density at radius 3 is 2.65 bits per heavy atom. The van der Waals surface area contributed by atoms with E-state index in [1.54, 1.807) is 0 Å². The van der Waals surface area contributed by atoms with Crippen LogP contribution in [0.15, 0.2) is 0 Å². The second-order valence-corrected chi connectivity index (χ2v) is 7.68. The normalized spacial score (nSPS) is 27.2. The highest BCUT2D eigenvalue weighted by atomic mass is 32.1. The van der Waals surface area contributed by atoms with Crippen molar-refractivity contribution in [2.75, 3.05) is 6.54 Å². The highest BCUT2D eigenvalue weighted by Crippen LogP contribution is 2.46. The lowest BCUT2D eigenvalue weighted by Gasteiger charge is -2.45. The molecule has 2 nitrogen and oxygen atoms in total. The molecule has 1 aliphatic carbocycles. The van der Waals surface area contributed by atoms with E-state index in [9.17, 15) is 0 Å². The van der Waals surface area contributed by atoms with Crippen LogP contribution < -0.4 is 5.32 Å². The summed E-state index contributed by atoms with van der Waals surface area (Å²) in [5.41, 5.74) is 1.43. The first-order chi connectivity index (χ1) is 9.55. The van der Waals surface area contributed by atoms with Crippen LogP contribution in [0.1, 0.15) is 69.0 Å². The molecule has 2 atom stereocenters. The molecule has 20 heavy (non-hydrogen) atoms. The second-order valence-electron chi connectivity index (χ2n) is 6.47. The van der Waals surface area contributed by atoms with Crippen molar-refractivity contribution in [2.45, 2.75) is 72.3 Å². The minimum absolute atomic E-state index is 0.129. The highest BCUT2D eigenvalue weighted by Gasteiger charge is 2.45. The van der Waals surface area contributed by atoms with Gasteiger partial charge in [0.1, 0.15) is 5.01 Å². The van der Waals surface area contributed by atoms with Crippen LogP contribution >= 0.6 is 11.3 Å². The van der Waals surface area contributed by atoms with Crippen molar-refractivity contribution in [1.82, 2.24) is 10.3 Å². The molecule has 0 amide bonds. The first-order valence-electron chi connectivity index (χ1n) is 8.27. The van der Waals surface area contributed by atoms with E-state index in [4.69, 9.17) is 4.98 Å². The predicted octanol–water partition coefficient (Wildman–Crippen LogP) is 4.66. The van der Waals surface area contributed by atoms with E-state index in [1.165, 1.54) is 41.3 Å². The molecule has 0 bridgehead atoms. The summed E-state index contributed by atoms with van der Waals surface area (Å²) in [5, 5.41) is 5.21. The molecule has 1 saturated carbocycles. The van der Waals surface area contributed by atoms with Gasteiger partial charge in [-0.25, -0.2) is 4.98 Å². The Labute approximate surface area is 128 Å². The Bertz CT molecular complexity index is 434. The summed E-state index contributed by atoms with van der Waals surface area (Å²) in [6.07, 6.45) is 6.35. The molecule has 1 aromatic heterocycles. The smallest absolute Gasteiger partial charge is 0.114 e. The van der Waals surface area contributed by atoms with Crippen molar-refractivity contribution in [3.63, 3.8) is 0 Å². The van der Waals surface area contributed by atoms with E-state index in [1.807, 2.05) is 11.3 Å². The fourth-order valence-electron chi connectivity index (χ4n) is 3.93. The Morgan fingerprint density at radius 1 is 1.35 bits per heavy atom. The highest BCUT2D eigenvalue weighted by molar-refractivity contribution is 7.11. The summed E-state index contributed by atoms with van der Waals surface area (Å²) in [6, 6.07) is 0. The zero-order valence-electron chi connectivity index (χ0n) is 13.8. The van der Waals surface area contributed by atoms with Crippen LogP contribution in [0.5, 0.6) is 0 Å². The summed E-state index contributed by atoms with van der Waals surface area (Å²) >= 11 is 1.93. The third-order valence-electron chi connectivity index (χ3n) is 4.88. The molecule has 0 aromatic carbocycles. The Morgan fingerprint density at radius 2 is 2.10 bits per heavy atom. The SMILES string of the molecule is CCNC1(c2nc(CC)c(C)s2)CCCCC1C(C)C. The molecule has 114 valence electrons. The number of thiazole rings is 1. The van der Waals surface area contributed by atoms with Crippen LogP contribution in [0, 0.1) is 18.8 Å². The van der Waals surface area contributed by atoms with Gasteiger partial charge in [0.25, 0.3) is 0 Å². The molecule has 1 N–H and O–H groups in total. The van der Waals surface area contributed by atoms with Crippen LogP contribution in [0.3, 0.4) is 0 Å². The summed E-state index contributed by atoms with van der Waals surface area (Å²) in [5.74, 6) is 1.43. The maximum Gasteiger partial charge on any atom is 0.114 e. The maximum absolute atomic E-state index is 5.03. The lowest BCUT2D eigenvalue weighted by molar-refractivity contribution is 0.102. The summed E-state index contributed by atoms with van der Waals surface area (Å²) in [4.78, 5) is 6.44. The van der Waals surface area contributed by atoms with E-state index in [0.717, 1.165) is 13.0 Å². The Balaban J connectivity index is 2.45. The zero-order chi connectivity index (χ0) is 14.8. The van der Waals surface area contributed by atoms with E-state index in [2.05, 4.69) is 39.9 Å². The van der Waals surface area contributed by atoms with Crippen molar-refractivity contribution in [1.29, 1.82) is 0 Å². The van der Waals surface area contributed by atoms with Gasteiger partial charge in [-0.05, 0) is 44.6 Å². The molecule has 0 saturated heterocycles. The van der Waals surface area contributed by atoms with Gasteiger partial charge < -0.3 is 5.32 Å². The van der Waals surface area contributed by atoms with Gasteiger partial charge in [-0.1, -0.05) is 40.5 Å². The van der Waals surface area contributed by atoms with Crippen LogP contribution in [-0.4, -0.2) is 11.5 Å². The summed E-state index contributed by atoms with van der Waals surface area (Å²) in [6.45, 7) is 12.5. The van der Waals surface area contributed by atoms with Crippen LogP contribution in [0.25, 0.3) is 0 Å². The molecule has 2 unspecified atom stereocenters. The molecule has 1 fully saturated rings. The molecule has 0 radical (unpaired) electrons. The standard InChI is InChI=1S/C17H30N2S/c1-6-15-13(5)20-16(19-15)17(18-7-2)11-9-8-10-14(17)12(3)4/h12,14,18H,6-11H2,1-5H3. The molecule has 3 heteroatoms. The average Bonchev–Trinajstić information content (AvgIpc) is 2.81. The number of hydrogen-bond acceptors (Lipinski definition) is 3. The Hall–Kier alpha value is -0.410. The topological polar surface area (TPSA) is 24.9 Å². The fourth-order valence-corrected chi connectivity index (χ4v) is 5.19. The van der Waals surface area contributed by atoms with Gasteiger partial charge in [0, 0.05) is 4.88 Å². The van der Waals surface area contributed by atoms with Crippen molar-refractivity contribution >= 4 is 11.3 Å². The maximum atomic E-state index is 5.03. The largest absolute Gasteiger partial charge is 0.305 e. The lowest BCUT2D eigenvalue weighted by Crippen LogP contribution is -2.52. The van der Waals surface area contributed by atoms with E-state index < -0.39 is 0 Å². The van der Waals surface area contributed by atoms with Crippen molar-refractivity contribution in [2.24, 2.45) is 11.8 Å². The average molecular weight is 295 g/mol. The number of rotatable bonds is 5. The van der Waals surface area contributed by atoms with Crippen LogP contribution in [0.2, 0.25) is 0 Å². The predicted molar refractivity (Wildman–Crippen MR) is 88.4 cm³/mol. The molecular weight excluding hydrogens is 264 g/mol. The molecular formula is C17H30N2S. The van der Waals surface area contributed by atoms with Crippen LogP contribution in [0.4, 0.5) is 0 Å². The number of hydrogen-bond donors (Lipinski definition) is 1. The third-order valence-corrected chi connectivity index (χ3v) is 6.07. The molecule has 1 heterocycles. The summed E-state index contributed by atoms with van der Waals surface area (Å²) in [7, 11) is 0. The van der Waals surface area contributed by atoms with Gasteiger partial charge in [-0.2, -0.15) is 0 Å². The molecule has 1 aliphatic rings. The van der Waals surface area contributed by atoms with Crippen LogP contribution in [-0.2, 0) is 12.0 Å². The van der Waals surface area contributed by atoms with Gasteiger partial charge >= 0.3 is 0 Å². The lowest BCUT2D eigenvalue weighted by atomic mass is 9.68. The second kappa shape index (κ2) is 6.57. The molecule has 0 aliphatic heterocycles. The first-order valence-corrected chi connectivity index (χ1v) is 9.08. The number of aromatic nitrogens is 1. The van der Waals surface area contributed by atoms with Gasteiger partial charge in [-0.15, -0.1) is 11.3 Å². The summed E-state index contributed by atoms with van der Waals surface area (Å²) < 4.78 is 0. The number of nitrogens with one attached hydrogen (secondary N) is 1. The fraction of sp³-hybridized carbons (Fsp3) is 0.824. The zero-order valence-corrected chi connectivity index (χ0v) is 14.6. The monoisotopic (exact) mass is 294 g/mol. The van der Waals surface area contributed by atoms with E-state index in [-0.39, 0.29) is 5.54 Å². The van der Waals surface area contributed by atoms with E-state index in [0.29, 0.717) is 11.8 Å². The van der Waals surface area contributed by atoms with Gasteiger partial charge in [0.15, 0.2) is 0 Å². The molecule has 0 spiro atoms. The van der Waals surface area contributed by atoms with Crippen molar-refractivity contribution in [3.8, 4) is 0 Å². The Kier molecular flexibility index (Phi) is 5.25. The van der Waals surface area contributed by atoms with Crippen molar-refractivity contribution in [3.05, 3.63) is 15.6 Å². The van der Waals surface area contributed by atoms with Gasteiger partial charge in [0.05, 0.1) is 11.2 Å². The minimum Gasteiger partial charge on any atom is -0.305 e. The minimum atomic E-state index is 0.129. The van der Waals surface area contributed by atoms with Gasteiger partial charge in [0.2, 0.25) is 0 Å².